The molecule has 1 aliphatic rings. The van der Waals surface area contributed by atoms with E-state index in [2.05, 4.69) is 47.5 Å². The smallest absolute Gasteiger partial charge is 0.331 e. The number of aliphatic hydroxyl groups is 4. The van der Waals surface area contributed by atoms with Gasteiger partial charge in [-0.25, -0.2) is 4.79 Å². The van der Waals surface area contributed by atoms with Gasteiger partial charge in [0.15, 0.2) is 24.2 Å². The van der Waals surface area contributed by atoms with Gasteiger partial charge in [0, 0.05) is 6.54 Å². The van der Waals surface area contributed by atoms with E-state index < -0.39 is 181 Å². The normalized spacial score (nSPS) is 24.6. The number of hydrogen-bond acceptors (Lipinski definition) is 19. The van der Waals surface area contributed by atoms with Gasteiger partial charge in [0.2, 0.25) is 65.0 Å². The number of ether oxygens (including phenoxy) is 1. The summed E-state index contributed by atoms with van der Waals surface area (Å²) in [5.74, 6) is -17.3. The number of guanidine groups is 1. The van der Waals surface area contributed by atoms with E-state index >= 15 is 4.79 Å². The molecule has 0 saturated carbocycles. The van der Waals surface area contributed by atoms with Crippen molar-refractivity contribution in [3.63, 3.8) is 0 Å². The number of carbonyl (C=O) groups is 12. The van der Waals surface area contributed by atoms with Crippen LogP contribution in [0.2, 0.25) is 0 Å². The molecule has 1 heterocycles. The Morgan fingerprint density at radius 3 is 1.70 bits per heavy atom. The minimum atomic E-state index is -2.57. The molecule has 1 aromatic carbocycles. The van der Waals surface area contributed by atoms with Crippen LogP contribution in [-0.4, -0.2) is 196 Å². The molecule has 11 amide bonds. The van der Waals surface area contributed by atoms with Gasteiger partial charge in [0.25, 0.3) is 0 Å². The molecule has 0 bridgehead atoms. The molecular weight excluding hydrogens is 1170 g/mol. The lowest BCUT2D eigenvalue weighted by Crippen LogP contribution is -2.64. The maximum absolute atomic E-state index is 15.3. The predicted molar refractivity (Wildman–Crippen MR) is 322 cm³/mol. The highest BCUT2D eigenvalue weighted by Gasteiger charge is 2.43. The lowest BCUT2D eigenvalue weighted by Gasteiger charge is -2.33. The molecule has 1 saturated heterocycles. The second kappa shape index (κ2) is 37.1. The monoisotopic (exact) mass is 1260 g/mol. The Bertz CT molecular complexity index is 2620. The second-order valence-corrected chi connectivity index (χ2v) is 23.9. The van der Waals surface area contributed by atoms with Crippen LogP contribution in [0.5, 0.6) is 0 Å². The number of amides is 11. The number of nitrogens with two attached hydrogens (primary N) is 4. The van der Waals surface area contributed by atoms with Gasteiger partial charge >= 0.3 is 5.97 Å². The number of nitrogens with one attached hydrogen (secondary N) is 10. The van der Waals surface area contributed by atoms with Crippen LogP contribution in [0.1, 0.15) is 120 Å². The van der Waals surface area contributed by atoms with Crippen LogP contribution in [0.15, 0.2) is 35.3 Å². The Morgan fingerprint density at radius 1 is 0.629 bits per heavy atom. The van der Waals surface area contributed by atoms with Crippen molar-refractivity contribution in [2.75, 3.05) is 19.7 Å². The standard InChI is InChI=1S/C57H95N15O17/c1-25(2)20-32(58)47(79)65-35(22-27(5)6)50(82)72-42-45(31-16-13-12-14-17-31)89-56(88)36(24-73)67-54(86)41(44(77)46(59)78)68-37(75)23-63-51(83)39(30(11)74)70-52(84)38(28(7)8)69-48(80)33(18-15-19-62-57(60)61)64-49(81)34(21-26(3)4)66-53(85)40(71-55(42)87)43(76)29(9)10/h12-14,16-17,25-30,32-36,38-45,73-74,76-77H,15,18-24,58H2,1-11H3,(H2,59,78)(H,63,83)(H,64,81)(H,65,79)(H,66,85)(H,67,86)(H,68,75)(H,69,80)(H,70,84)(H,71,87)(H,72,82)(H4,60,61,62)/t30-,32+,33-,34-,35-,36-,38-,39-,40-,41-,42-,43+,44-,45+/m0/s1. The van der Waals surface area contributed by atoms with Crippen molar-refractivity contribution in [1.29, 1.82) is 0 Å². The fraction of sp³-hybridized carbons (Fsp3) is 0.667. The Kier molecular flexibility index (Phi) is 32.1. The SMILES string of the molecule is CC(C)C[C@@H](N)C(=O)N[C@@H](CC(C)C)C(=O)N[C@@H]1C(=O)N[C@@H]([C@H](O)C(C)C)C(=O)N[C@@H](CC(C)C)C(=O)N[C@@H](CCCN=C(N)N)C(=O)N[C@@H](C(C)C)C(=O)N[C@@H]([C@H](C)O)C(=O)NCC(=O)N[C@@H]([C@H](O)C(N)=O)C(=O)N[C@@H](CO)C(=O)O[C@@H]1c1ccccc1. The number of nitrogens with zero attached hydrogens (tertiary/aromatic N) is 1. The van der Waals surface area contributed by atoms with Crippen LogP contribution in [0, 0.1) is 29.6 Å². The van der Waals surface area contributed by atoms with Crippen molar-refractivity contribution in [2.45, 2.75) is 193 Å². The average molecular weight is 1260 g/mol. The highest BCUT2D eigenvalue weighted by Crippen LogP contribution is 2.25. The van der Waals surface area contributed by atoms with Gasteiger partial charge in [-0.15, -0.1) is 0 Å². The van der Waals surface area contributed by atoms with Gasteiger partial charge in [-0.3, -0.25) is 57.7 Å². The van der Waals surface area contributed by atoms with Gasteiger partial charge in [0.05, 0.1) is 31.4 Å². The number of aliphatic hydroxyl groups excluding tert-OH is 4. The molecule has 1 aromatic rings. The third kappa shape index (κ3) is 25.5. The summed E-state index contributed by atoms with van der Waals surface area (Å²) >= 11 is 0. The highest BCUT2D eigenvalue weighted by molar-refractivity contribution is 6.00. The zero-order chi connectivity index (χ0) is 67.7. The molecule has 0 radical (unpaired) electrons. The Morgan fingerprint density at radius 2 is 1.17 bits per heavy atom. The molecule has 500 valence electrons. The first-order chi connectivity index (χ1) is 41.5. The number of esters is 1. The maximum atomic E-state index is 15.3. The zero-order valence-electron chi connectivity index (χ0n) is 52.4. The molecule has 0 aromatic heterocycles. The highest BCUT2D eigenvalue weighted by atomic mass is 16.5. The molecule has 32 heteroatoms. The predicted octanol–water partition coefficient (Wildman–Crippen LogP) is -5.82. The fourth-order valence-electron chi connectivity index (χ4n) is 9.08. The number of cyclic esters (lactones) is 1. The van der Waals surface area contributed by atoms with Crippen molar-refractivity contribution in [3.8, 4) is 0 Å². The number of benzene rings is 1. The largest absolute Gasteiger partial charge is 0.453 e. The molecule has 14 atom stereocenters. The van der Waals surface area contributed by atoms with Crippen LogP contribution < -0.4 is 76.1 Å². The molecule has 22 N–H and O–H groups in total. The van der Waals surface area contributed by atoms with Crippen LogP contribution >= 0.6 is 0 Å². The molecule has 2 rings (SSSR count). The number of rotatable bonds is 22. The van der Waals surface area contributed by atoms with Crippen LogP contribution in [0.4, 0.5) is 0 Å². The Labute approximate surface area is 517 Å². The summed E-state index contributed by atoms with van der Waals surface area (Å²) in [6.07, 6.45) is -8.27. The first-order valence-corrected chi connectivity index (χ1v) is 29.5. The van der Waals surface area contributed by atoms with E-state index in [9.17, 15) is 73.2 Å². The van der Waals surface area contributed by atoms with E-state index in [-0.39, 0.29) is 67.9 Å². The van der Waals surface area contributed by atoms with E-state index in [4.69, 9.17) is 27.7 Å². The summed E-state index contributed by atoms with van der Waals surface area (Å²) in [4.78, 5) is 173. The van der Waals surface area contributed by atoms with Gasteiger partial charge in [-0.2, -0.15) is 0 Å². The average Bonchev–Trinajstić information content (AvgIpc) is 2.99. The molecule has 0 unspecified atom stereocenters. The zero-order valence-corrected chi connectivity index (χ0v) is 52.4. The lowest BCUT2D eigenvalue weighted by molar-refractivity contribution is -0.159. The molecule has 32 nitrogen and oxygen atoms in total. The van der Waals surface area contributed by atoms with Crippen molar-refractivity contribution >= 4 is 76.9 Å². The summed E-state index contributed by atoms with van der Waals surface area (Å²) in [7, 11) is 0. The maximum Gasteiger partial charge on any atom is 0.331 e. The van der Waals surface area contributed by atoms with E-state index in [1.165, 1.54) is 58.0 Å². The van der Waals surface area contributed by atoms with Crippen molar-refractivity contribution in [1.82, 2.24) is 53.2 Å². The topological polar surface area (TPSA) is 532 Å². The summed E-state index contributed by atoms with van der Waals surface area (Å²) < 4.78 is 5.91. The number of carbonyl (C=O) groups excluding carboxylic acids is 12. The number of primary amides is 1. The third-order valence-corrected chi connectivity index (χ3v) is 13.9. The first-order valence-electron chi connectivity index (χ1n) is 29.5. The van der Waals surface area contributed by atoms with Crippen molar-refractivity contribution < 1.29 is 82.7 Å². The molecule has 89 heavy (non-hydrogen) atoms. The summed E-state index contributed by atoms with van der Waals surface area (Å²) in [5, 5.41) is 67.8. The molecule has 0 aliphatic carbocycles. The fourth-order valence-corrected chi connectivity index (χ4v) is 9.08. The molecule has 0 spiro atoms. The lowest BCUT2D eigenvalue weighted by atomic mass is 9.95. The summed E-state index contributed by atoms with van der Waals surface area (Å²) in [6, 6.07) is -10.7. The van der Waals surface area contributed by atoms with E-state index in [1.54, 1.807) is 27.7 Å². The Hall–Kier alpha value is -8.07. The first kappa shape index (κ1) is 77.0. The van der Waals surface area contributed by atoms with Crippen LogP contribution in [-0.2, 0) is 62.3 Å². The molecular formula is C57H95N15O17. The molecule has 1 aliphatic heterocycles. The van der Waals surface area contributed by atoms with Crippen LogP contribution in [0.3, 0.4) is 0 Å². The third-order valence-electron chi connectivity index (χ3n) is 13.9. The van der Waals surface area contributed by atoms with Crippen molar-refractivity contribution in [2.24, 2.45) is 57.5 Å². The van der Waals surface area contributed by atoms with E-state index in [0.717, 1.165) is 6.92 Å². The van der Waals surface area contributed by atoms with Gasteiger partial charge in [-0.05, 0) is 74.2 Å². The van der Waals surface area contributed by atoms with E-state index in [0.29, 0.717) is 0 Å². The summed E-state index contributed by atoms with van der Waals surface area (Å²) in [6.45, 7) is 15.1. The Balaban J connectivity index is 3.11. The van der Waals surface area contributed by atoms with Gasteiger partial charge in [0.1, 0.15) is 48.3 Å². The van der Waals surface area contributed by atoms with Crippen LogP contribution in [0.25, 0.3) is 0 Å². The molecule has 1 fully saturated rings. The quantitative estimate of drug-likeness (QED) is 0.0223. The van der Waals surface area contributed by atoms with Gasteiger partial charge < -0.3 is 101 Å². The van der Waals surface area contributed by atoms with Crippen molar-refractivity contribution in [3.05, 3.63) is 35.9 Å². The van der Waals surface area contributed by atoms with E-state index in [1.807, 2.05) is 24.5 Å². The number of hydrogen-bond donors (Lipinski definition) is 18. The number of aliphatic imine (C=N–C) groups is 1. The second-order valence-electron chi connectivity index (χ2n) is 23.9. The van der Waals surface area contributed by atoms with Gasteiger partial charge in [-0.1, -0.05) is 99.6 Å². The minimum absolute atomic E-state index is 0.0450. The summed E-state index contributed by atoms with van der Waals surface area (Å²) in [5.41, 5.74) is 22.5. The minimum Gasteiger partial charge on any atom is -0.453 e.